The standard InChI is InChI=1S/C15H19ClN2O3S/c1-2-15(11-19)5-7-18(8-6-15)22(20,21)13-4-3-12(10-17)14(16)9-13/h3-4,9,19H,2,5-8,11H2,1H3. The molecule has 0 atom stereocenters. The fourth-order valence-electron chi connectivity index (χ4n) is 2.72. The van der Waals surface area contributed by atoms with Crippen LogP contribution in [0, 0.1) is 16.7 Å². The molecule has 120 valence electrons. The Morgan fingerprint density at radius 3 is 2.50 bits per heavy atom. The highest BCUT2D eigenvalue weighted by Crippen LogP contribution is 2.36. The molecule has 1 aromatic rings. The maximum Gasteiger partial charge on any atom is 0.243 e. The number of benzene rings is 1. The molecular weight excluding hydrogens is 324 g/mol. The van der Waals surface area contributed by atoms with E-state index in [4.69, 9.17) is 16.9 Å². The largest absolute Gasteiger partial charge is 0.396 e. The average molecular weight is 343 g/mol. The lowest BCUT2D eigenvalue weighted by atomic mass is 9.77. The number of piperidine rings is 1. The summed E-state index contributed by atoms with van der Waals surface area (Å²) in [5, 5.41) is 18.5. The monoisotopic (exact) mass is 342 g/mol. The van der Waals surface area contributed by atoms with Gasteiger partial charge < -0.3 is 5.11 Å². The van der Waals surface area contributed by atoms with Crippen LogP contribution in [0.25, 0.3) is 0 Å². The third kappa shape index (κ3) is 3.13. The van der Waals surface area contributed by atoms with E-state index in [1.807, 2.05) is 13.0 Å². The minimum absolute atomic E-state index is 0.0834. The van der Waals surface area contributed by atoms with Gasteiger partial charge in [0.1, 0.15) is 6.07 Å². The van der Waals surface area contributed by atoms with E-state index in [1.165, 1.54) is 22.5 Å². The van der Waals surface area contributed by atoms with Crippen LogP contribution in [-0.2, 0) is 10.0 Å². The van der Waals surface area contributed by atoms with Gasteiger partial charge in [-0.15, -0.1) is 0 Å². The minimum Gasteiger partial charge on any atom is -0.396 e. The van der Waals surface area contributed by atoms with E-state index >= 15 is 0 Å². The number of nitrogens with zero attached hydrogens (tertiary/aromatic N) is 2. The zero-order valence-corrected chi connectivity index (χ0v) is 14.0. The number of nitriles is 1. The Hall–Kier alpha value is -1.13. The van der Waals surface area contributed by atoms with Crippen LogP contribution in [0.1, 0.15) is 31.7 Å². The molecule has 1 aliphatic rings. The van der Waals surface area contributed by atoms with E-state index in [2.05, 4.69) is 0 Å². The SMILES string of the molecule is CCC1(CO)CCN(S(=O)(=O)c2ccc(C#N)c(Cl)c2)CC1. The predicted octanol–water partition coefficient (Wildman–Crippen LogP) is 2.38. The molecule has 1 aromatic carbocycles. The van der Waals surface area contributed by atoms with Gasteiger partial charge in [0.25, 0.3) is 0 Å². The molecule has 1 aliphatic heterocycles. The molecule has 1 fully saturated rings. The number of aliphatic hydroxyl groups is 1. The first-order valence-corrected chi connectivity index (χ1v) is 9.01. The molecule has 2 rings (SSSR count). The number of hydrogen-bond acceptors (Lipinski definition) is 4. The summed E-state index contributed by atoms with van der Waals surface area (Å²) < 4.78 is 26.7. The lowest BCUT2D eigenvalue weighted by molar-refractivity contribution is 0.0647. The van der Waals surface area contributed by atoms with Crippen LogP contribution in [-0.4, -0.2) is 37.5 Å². The van der Waals surface area contributed by atoms with Crippen LogP contribution in [0.2, 0.25) is 5.02 Å². The molecule has 0 bridgehead atoms. The number of aliphatic hydroxyl groups excluding tert-OH is 1. The molecule has 7 heteroatoms. The summed E-state index contributed by atoms with van der Waals surface area (Å²) in [6.07, 6.45) is 2.12. The molecule has 0 radical (unpaired) electrons. The number of halogens is 1. The van der Waals surface area contributed by atoms with Crippen LogP contribution < -0.4 is 0 Å². The summed E-state index contributed by atoms with van der Waals surface area (Å²) in [5.41, 5.74) is 0.0819. The van der Waals surface area contributed by atoms with Gasteiger partial charge in [-0.05, 0) is 42.9 Å². The summed E-state index contributed by atoms with van der Waals surface area (Å²) >= 11 is 5.93. The Labute approximate surface area is 136 Å². The van der Waals surface area contributed by atoms with Crippen molar-refractivity contribution in [2.75, 3.05) is 19.7 Å². The van der Waals surface area contributed by atoms with Gasteiger partial charge in [0, 0.05) is 19.7 Å². The Morgan fingerprint density at radius 1 is 1.41 bits per heavy atom. The topological polar surface area (TPSA) is 81.4 Å². The van der Waals surface area contributed by atoms with E-state index in [0.717, 1.165) is 6.42 Å². The quantitative estimate of drug-likeness (QED) is 0.910. The summed E-state index contributed by atoms with van der Waals surface area (Å²) in [4.78, 5) is 0.101. The van der Waals surface area contributed by atoms with Gasteiger partial charge in [0.2, 0.25) is 10.0 Å². The molecule has 1 heterocycles. The molecule has 0 saturated carbocycles. The Kier molecular flexibility index (Phi) is 5.13. The second-order valence-corrected chi connectivity index (χ2v) is 8.01. The van der Waals surface area contributed by atoms with E-state index in [-0.39, 0.29) is 27.5 Å². The Bertz CT molecular complexity index is 683. The van der Waals surface area contributed by atoms with E-state index in [0.29, 0.717) is 25.9 Å². The number of sulfonamides is 1. The summed E-state index contributed by atoms with van der Waals surface area (Å²) in [6, 6.07) is 6.06. The Morgan fingerprint density at radius 2 is 2.05 bits per heavy atom. The lowest BCUT2D eigenvalue weighted by Gasteiger charge is -2.39. The van der Waals surface area contributed by atoms with Crippen molar-refractivity contribution in [3.63, 3.8) is 0 Å². The normalized spacial score (nSPS) is 18.8. The van der Waals surface area contributed by atoms with Crippen LogP contribution in [0.4, 0.5) is 0 Å². The van der Waals surface area contributed by atoms with Crippen molar-refractivity contribution < 1.29 is 13.5 Å². The van der Waals surface area contributed by atoms with Crippen molar-refractivity contribution in [2.45, 2.75) is 31.1 Å². The molecule has 1 N–H and O–H groups in total. The molecule has 5 nitrogen and oxygen atoms in total. The fourth-order valence-corrected chi connectivity index (χ4v) is 4.48. The Balaban J connectivity index is 2.22. The van der Waals surface area contributed by atoms with E-state index < -0.39 is 10.0 Å². The average Bonchev–Trinajstić information content (AvgIpc) is 2.54. The van der Waals surface area contributed by atoms with Gasteiger partial charge in [-0.3, -0.25) is 0 Å². The second-order valence-electron chi connectivity index (χ2n) is 5.67. The minimum atomic E-state index is -3.62. The van der Waals surface area contributed by atoms with Crippen LogP contribution in [0.5, 0.6) is 0 Å². The summed E-state index contributed by atoms with van der Waals surface area (Å²) in [7, 11) is -3.62. The molecule has 0 aliphatic carbocycles. The molecule has 0 spiro atoms. The van der Waals surface area contributed by atoms with Crippen molar-refractivity contribution in [3.05, 3.63) is 28.8 Å². The zero-order valence-electron chi connectivity index (χ0n) is 12.4. The van der Waals surface area contributed by atoms with Crippen LogP contribution >= 0.6 is 11.6 Å². The van der Waals surface area contributed by atoms with Crippen molar-refractivity contribution >= 4 is 21.6 Å². The van der Waals surface area contributed by atoms with Crippen LogP contribution in [0.3, 0.4) is 0 Å². The predicted molar refractivity (Wildman–Crippen MR) is 84.0 cm³/mol. The molecular formula is C15H19ClN2O3S. The van der Waals surface area contributed by atoms with E-state index in [9.17, 15) is 13.5 Å². The summed E-state index contributed by atoms with van der Waals surface area (Å²) in [5.74, 6) is 0. The molecule has 0 aromatic heterocycles. The highest BCUT2D eigenvalue weighted by atomic mass is 35.5. The fraction of sp³-hybridized carbons (Fsp3) is 0.533. The first kappa shape index (κ1) is 17.2. The maximum atomic E-state index is 12.6. The smallest absolute Gasteiger partial charge is 0.243 e. The van der Waals surface area contributed by atoms with Gasteiger partial charge in [-0.2, -0.15) is 9.57 Å². The first-order valence-electron chi connectivity index (χ1n) is 7.19. The van der Waals surface area contributed by atoms with Crippen molar-refractivity contribution in [1.29, 1.82) is 5.26 Å². The van der Waals surface area contributed by atoms with Crippen LogP contribution in [0.15, 0.2) is 23.1 Å². The number of rotatable bonds is 4. The molecule has 22 heavy (non-hydrogen) atoms. The first-order chi connectivity index (χ1) is 10.4. The van der Waals surface area contributed by atoms with Crippen molar-refractivity contribution in [1.82, 2.24) is 4.31 Å². The maximum absolute atomic E-state index is 12.6. The van der Waals surface area contributed by atoms with Crippen molar-refractivity contribution in [3.8, 4) is 6.07 Å². The van der Waals surface area contributed by atoms with Gasteiger partial charge in [-0.25, -0.2) is 8.42 Å². The van der Waals surface area contributed by atoms with Gasteiger partial charge >= 0.3 is 0 Å². The number of hydrogen-bond donors (Lipinski definition) is 1. The van der Waals surface area contributed by atoms with E-state index in [1.54, 1.807) is 0 Å². The van der Waals surface area contributed by atoms with Gasteiger partial charge in [0.15, 0.2) is 0 Å². The highest BCUT2D eigenvalue weighted by Gasteiger charge is 2.37. The lowest BCUT2D eigenvalue weighted by Crippen LogP contribution is -2.44. The summed E-state index contributed by atoms with van der Waals surface area (Å²) in [6.45, 7) is 2.86. The third-order valence-electron chi connectivity index (χ3n) is 4.57. The second kappa shape index (κ2) is 6.55. The molecule has 0 unspecified atom stereocenters. The highest BCUT2D eigenvalue weighted by molar-refractivity contribution is 7.89. The third-order valence-corrected chi connectivity index (χ3v) is 6.77. The van der Waals surface area contributed by atoms with Crippen molar-refractivity contribution in [2.24, 2.45) is 5.41 Å². The molecule has 1 saturated heterocycles. The van der Waals surface area contributed by atoms with Gasteiger partial charge in [0.05, 0.1) is 15.5 Å². The zero-order chi connectivity index (χ0) is 16.4. The van der Waals surface area contributed by atoms with Gasteiger partial charge in [-0.1, -0.05) is 18.5 Å². The molecule has 0 amide bonds.